The van der Waals surface area contributed by atoms with E-state index in [1.165, 1.54) is 32.1 Å². The Kier molecular flexibility index (Phi) is 1.27. The largest absolute Gasteiger partial charge is 0.300 e. The molecule has 76 valence electrons. The number of carbonyl (C=O) groups excluding carboxylic acids is 1. The average Bonchev–Trinajstić information content (AvgIpc) is 2.40. The SMILES string of the molecule is O=C1CC2C3CC4CC(C3)CC2(C1)C4. The Labute approximate surface area is 85.3 Å². The summed E-state index contributed by atoms with van der Waals surface area (Å²) in [6, 6.07) is 0. The summed E-state index contributed by atoms with van der Waals surface area (Å²) >= 11 is 0. The molecular formula is C13H18O. The van der Waals surface area contributed by atoms with Crippen molar-refractivity contribution in [2.24, 2.45) is 29.1 Å². The predicted octanol–water partition coefficient (Wildman–Crippen LogP) is 2.79. The molecule has 0 aromatic carbocycles. The van der Waals surface area contributed by atoms with E-state index in [1.807, 2.05) is 0 Å². The van der Waals surface area contributed by atoms with Gasteiger partial charge in [-0.3, -0.25) is 4.79 Å². The van der Waals surface area contributed by atoms with E-state index in [9.17, 15) is 4.79 Å². The minimum absolute atomic E-state index is 0.534. The van der Waals surface area contributed by atoms with Gasteiger partial charge in [-0.25, -0.2) is 0 Å². The second-order valence-corrected chi connectivity index (χ2v) is 6.50. The molecule has 14 heavy (non-hydrogen) atoms. The molecule has 0 amide bonds. The first kappa shape index (κ1) is 7.90. The Morgan fingerprint density at radius 1 is 1.07 bits per heavy atom. The van der Waals surface area contributed by atoms with E-state index in [2.05, 4.69) is 0 Å². The van der Waals surface area contributed by atoms with Gasteiger partial charge in [-0.15, -0.1) is 0 Å². The van der Waals surface area contributed by atoms with Gasteiger partial charge in [0.25, 0.3) is 0 Å². The van der Waals surface area contributed by atoms with E-state index in [4.69, 9.17) is 0 Å². The summed E-state index contributed by atoms with van der Waals surface area (Å²) < 4.78 is 0. The van der Waals surface area contributed by atoms with E-state index < -0.39 is 0 Å². The van der Waals surface area contributed by atoms with Crippen LogP contribution in [0.25, 0.3) is 0 Å². The molecule has 0 heterocycles. The van der Waals surface area contributed by atoms with Crippen molar-refractivity contribution in [1.82, 2.24) is 0 Å². The fourth-order valence-electron chi connectivity index (χ4n) is 5.68. The van der Waals surface area contributed by atoms with Gasteiger partial charge in [0.1, 0.15) is 5.78 Å². The third kappa shape index (κ3) is 0.803. The summed E-state index contributed by atoms with van der Waals surface area (Å²) in [5.74, 6) is 4.38. The van der Waals surface area contributed by atoms with E-state index in [1.54, 1.807) is 0 Å². The minimum Gasteiger partial charge on any atom is -0.300 e. The standard InChI is InChI=1S/C13H18O/c14-11-4-12-10-2-8-1-9(3-10)6-13(12,5-8)7-11/h8-10,12H,1-7H2. The van der Waals surface area contributed by atoms with Gasteiger partial charge in [0.05, 0.1) is 0 Å². The molecular weight excluding hydrogens is 172 g/mol. The molecule has 1 heteroatoms. The molecule has 5 aliphatic carbocycles. The summed E-state index contributed by atoms with van der Waals surface area (Å²) in [5, 5.41) is 0. The Morgan fingerprint density at radius 3 is 2.50 bits per heavy atom. The summed E-state index contributed by atoms with van der Waals surface area (Å²) in [6.07, 6.45) is 9.17. The highest BCUT2D eigenvalue weighted by molar-refractivity contribution is 5.82. The van der Waals surface area contributed by atoms with E-state index >= 15 is 0 Å². The Balaban J connectivity index is 1.80. The van der Waals surface area contributed by atoms with Crippen molar-refractivity contribution in [2.75, 3.05) is 0 Å². The lowest BCUT2D eigenvalue weighted by atomic mass is 9.46. The smallest absolute Gasteiger partial charge is 0.133 e. The first-order chi connectivity index (χ1) is 6.75. The molecule has 0 aliphatic heterocycles. The van der Waals surface area contributed by atoms with Crippen molar-refractivity contribution in [2.45, 2.75) is 44.9 Å². The lowest BCUT2D eigenvalue weighted by Gasteiger charge is -2.59. The summed E-state index contributed by atoms with van der Waals surface area (Å²) in [6.45, 7) is 0. The van der Waals surface area contributed by atoms with Crippen LogP contribution in [-0.2, 0) is 4.79 Å². The van der Waals surface area contributed by atoms with Gasteiger partial charge in [-0.2, -0.15) is 0 Å². The van der Waals surface area contributed by atoms with Gasteiger partial charge in [0.15, 0.2) is 0 Å². The molecule has 5 fully saturated rings. The van der Waals surface area contributed by atoms with Crippen molar-refractivity contribution in [3.05, 3.63) is 0 Å². The van der Waals surface area contributed by atoms with Gasteiger partial charge in [0.2, 0.25) is 0 Å². The highest BCUT2D eigenvalue weighted by atomic mass is 16.1. The summed E-state index contributed by atoms with van der Waals surface area (Å²) in [4.78, 5) is 11.7. The monoisotopic (exact) mass is 190 g/mol. The van der Waals surface area contributed by atoms with Crippen LogP contribution >= 0.6 is 0 Å². The predicted molar refractivity (Wildman–Crippen MR) is 53.7 cm³/mol. The van der Waals surface area contributed by atoms with Crippen LogP contribution in [0.15, 0.2) is 0 Å². The van der Waals surface area contributed by atoms with Crippen molar-refractivity contribution < 1.29 is 4.79 Å². The summed E-state index contributed by atoms with van der Waals surface area (Å²) in [5.41, 5.74) is 0.534. The molecule has 5 aliphatic rings. The average molecular weight is 190 g/mol. The van der Waals surface area contributed by atoms with E-state index in [0.29, 0.717) is 11.2 Å². The molecule has 5 rings (SSSR count). The van der Waals surface area contributed by atoms with Crippen LogP contribution in [0.5, 0.6) is 0 Å². The maximum absolute atomic E-state index is 11.7. The molecule has 4 bridgehead atoms. The fraction of sp³-hybridized carbons (Fsp3) is 0.923. The van der Waals surface area contributed by atoms with Crippen LogP contribution in [0, 0.1) is 29.1 Å². The Bertz CT molecular complexity index is 292. The lowest BCUT2D eigenvalue weighted by Crippen LogP contribution is -2.50. The van der Waals surface area contributed by atoms with E-state index in [-0.39, 0.29) is 0 Å². The zero-order valence-corrected chi connectivity index (χ0v) is 8.67. The highest BCUT2D eigenvalue weighted by Crippen LogP contribution is 2.67. The normalized spacial score (nSPS) is 59.3. The fourth-order valence-corrected chi connectivity index (χ4v) is 5.68. The quantitative estimate of drug-likeness (QED) is 0.574. The molecule has 3 atom stereocenters. The molecule has 0 aromatic heterocycles. The summed E-state index contributed by atoms with van der Waals surface area (Å²) in [7, 11) is 0. The molecule has 0 saturated heterocycles. The molecule has 5 saturated carbocycles. The van der Waals surface area contributed by atoms with Crippen LogP contribution in [0.3, 0.4) is 0 Å². The number of rotatable bonds is 0. The number of hydrogen-bond donors (Lipinski definition) is 0. The Hall–Kier alpha value is -0.330. The molecule has 1 nitrogen and oxygen atoms in total. The van der Waals surface area contributed by atoms with Crippen molar-refractivity contribution in [3.63, 3.8) is 0 Å². The number of carbonyl (C=O) groups is 1. The second kappa shape index (κ2) is 2.25. The first-order valence-corrected chi connectivity index (χ1v) is 6.27. The van der Waals surface area contributed by atoms with E-state index in [0.717, 1.165) is 36.5 Å². The minimum atomic E-state index is 0.534. The topological polar surface area (TPSA) is 17.1 Å². The van der Waals surface area contributed by atoms with Gasteiger partial charge < -0.3 is 0 Å². The van der Waals surface area contributed by atoms with Gasteiger partial charge in [0, 0.05) is 12.8 Å². The lowest BCUT2D eigenvalue weighted by molar-refractivity contribution is -0.118. The van der Waals surface area contributed by atoms with Crippen LogP contribution in [0.4, 0.5) is 0 Å². The molecule has 0 aromatic rings. The van der Waals surface area contributed by atoms with Crippen molar-refractivity contribution >= 4 is 5.78 Å². The Morgan fingerprint density at radius 2 is 1.79 bits per heavy atom. The van der Waals surface area contributed by atoms with Gasteiger partial charge in [-0.05, 0) is 61.2 Å². The maximum Gasteiger partial charge on any atom is 0.133 e. The third-order valence-corrected chi connectivity index (χ3v) is 5.68. The maximum atomic E-state index is 11.7. The van der Waals surface area contributed by atoms with Crippen LogP contribution in [-0.4, -0.2) is 5.78 Å². The van der Waals surface area contributed by atoms with Crippen LogP contribution in [0.1, 0.15) is 44.9 Å². The second-order valence-electron chi connectivity index (χ2n) is 6.50. The third-order valence-electron chi connectivity index (χ3n) is 5.68. The highest BCUT2D eigenvalue weighted by Gasteiger charge is 2.60. The molecule has 0 radical (unpaired) electrons. The zero-order chi connectivity index (χ0) is 9.34. The first-order valence-electron chi connectivity index (χ1n) is 6.27. The number of ketones is 1. The zero-order valence-electron chi connectivity index (χ0n) is 8.67. The molecule has 0 N–H and O–H groups in total. The van der Waals surface area contributed by atoms with Crippen LogP contribution < -0.4 is 0 Å². The number of hydrogen-bond acceptors (Lipinski definition) is 1. The van der Waals surface area contributed by atoms with Crippen molar-refractivity contribution in [3.8, 4) is 0 Å². The molecule has 3 unspecified atom stereocenters. The van der Waals surface area contributed by atoms with Gasteiger partial charge >= 0.3 is 0 Å². The van der Waals surface area contributed by atoms with Gasteiger partial charge in [-0.1, -0.05) is 0 Å². The van der Waals surface area contributed by atoms with Crippen molar-refractivity contribution in [1.29, 1.82) is 0 Å². The number of Topliss-reactive ketones (excluding diaryl/α,β-unsaturated/α-hetero) is 1. The molecule has 1 spiro atoms. The van der Waals surface area contributed by atoms with Crippen LogP contribution in [0.2, 0.25) is 0 Å².